The van der Waals surface area contributed by atoms with Crippen LogP contribution < -0.4 is 5.32 Å². The summed E-state index contributed by atoms with van der Waals surface area (Å²) < 4.78 is 23.6. The Bertz CT molecular complexity index is 254. The number of rotatable bonds is 5. The number of hydrogen-bond acceptors (Lipinski definition) is 1. The summed E-state index contributed by atoms with van der Waals surface area (Å²) in [5.41, 5.74) is 0.941. The minimum atomic E-state index is -2.32. The highest BCUT2D eigenvalue weighted by atomic mass is 35.5. The molecule has 0 heterocycles. The van der Waals surface area contributed by atoms with Crippen LogP contribution in [0, 0.1) is 0 Å². The Balaban J connectivity index is 2.32. The second-order valence-corrected chi connectivity index (χ2v) is 3.45. The van der Waals surface area contributed by atoms with Gasteiger partial charge in [0, 0.05) is 6.54 Å². The smallest absolute Gasteiger partial charge is 0.250 e. The molecule has 0 aromatic heterocycles. The van der Waals surface area contributed by atoms with Crippen LogP contribution in [0.15, 0.2) is 30.3 Å². The van der Waals surface area contributed by atoms with E-state index in [4.69, 9.17) is 11.6 Å². The van der Waals surface area contributed by atoms with E-state index in [0.717, 1.165) is 5.56 Å². The largest absolute Gasteiger partial charge is 0.310 e. The van der Waals surface area contributed by atoms with E-state index in [9.17, 15) is 8.78 Å². The van der Waals surface area contributed by atoms with Gasteiger partial charge in [-0.05, 0) is 5.56 Å². The third-order valence-corrected chi connectivity index (χ3v) is 2.19. The maximum Gasteiger partial charge on any atom is 0.250 e. The van der Waals surface area contributed by atoms with Crippen molar-refractivity contribution in [1.29, 1.82) is 0 Å². The summed E-state index contributed by atoms with van der Waals surface area (Å²) >= 11 is 5.98. The summed E-state index contributed by atoms with van der Waals surface area (Å²) in [4.78, 5) is 0. The van der Waals surface area contributed by atoms with Crippen LogP contribution in [0.4, 0.5) is 8.78 Å². The molecule has 0 amide bonds. The van der Waals surface area contributed by atoms with Gasteiger partial charge < -0.3 is 5.32 Å². The molecule has 0 spiro atoms. The maximum absolute atomic E-state index is 11.8. The summed E-state index contributed by atoms with van der Waals surface area (Å²) in [7, 11) is 0. The van der Waals surface area contributed by atoms with E-state index in [0.29, 0.717) is 6.54 Å². The SMILES string of the molecule is FC(F)CNCC(Cl)c1ccccc1. The van der Waals surface area contributed by atoms with E-state index in [1.54, 1.807) is 0 Å². The topological polar surface area (TPSA) is 12.0 Å². The third-order valence-electron chi connectivity index (χ3n) is 1.78. The predicted molar refractivity (Wildman–Crippen MR) is 53.9 cm³/mol. The molecule has 1 N–H and O–H groups in total. The Hall–Kier alpha value is -0.670. The molecule has 1 aromatic rings. The molecule has 0 aliphatic heterocycles. The summed E-state index contributed by atoms with van der Waals surface area (Å²) in [6.07, 6.45) is -2.32. The van der Waals surface area contributed by atoms with Gasteiger partial charge in [-0.1, -0.05) is 30.3 Å². The number of alkyl halides is 3. The fourth-order valence-corrected chi connectivity index (χ4v) is 1.35. The van der Waals surface area contributed by atoms with Crippen LogP contribution in [-0.4, -0.2) is 19.5 Å². The normalized spacial score (nSPS) is 13.1. The minimum Gasteiger partial charge on any atom is -0.310 e. The molecule has 0 aliphatic rings. The lowest BCUT2D eigenvalue weighted by atomic mass is 10.1. The van der Waals surface area contributed by atoms with E-state index < -0.39 is 6.43 Å². The molecule has 14 heavy (non-hydrogen) atoms. The molecular formula is C10H12ClF2N. The molecule has 0 radical (unpaired) electrons. The van der Waals surface area contributed by atoms with Gasteiger partial charge in [0.15, 0.2) is 0 Å². The highest BCUT2D eigenvalue weighted by Gasteiger charge is 2.08. The quantitative estimate of drug-likeness (QED) is 0.751. The van der Waals surface area contributed by atoms with Gasteiger partial charge in [0.25, 0.3) is 6.43 Å². The maximum atomic E-state index is 11.8. The van der Waals surface area contributed by atoms with Crippen LogP contribution in [0.3, 0.4) is 0 Å². The highest BCUT2D eigenvalue weighted by Crippen LogP contribution is 2.18. The molecule has 1 rings (SSSR count). The number of halogens is 3. The zero-order valence-electron chi connectivity index (χ0n) is 7.59. The molecule has 1 unspecified atom stereocenters. The van der Waals surface area contributed by atoms with Gasteiger partial charge in [0.05, 0.1) is 11.9 Å². The Morgan fingerprint density at radius 2 is 1.79 bits per heavy atom. The van der Waals surface area contributed by atoms with Gasteiger partial charge in [-0.3, -0.25) is 0 Å². The van der Waals surface area contributed by atoms with Crippen LogP contribution in [-0.2, 0) is 0 Å². The van der Waals surface area contributed by atoms with Crippen molar-refractivity contribution in [2.45, 2.75) is 11.8 Å². The monoisotopic (exact) mass is 219 g/mol. The van der Waals surface area contributed by atoms with Crippen molar-refractivity contribution in [1.82, 2.24) is 5.32 Å². The Morgan fingerprint density at radius 3 is 2.36 bits per heavy atom. The van der Waals surface area contributed by atoms with Crippen molar-refractivity contribution in [3.8, 4) is 0 Å². The Labute approximate surface area is 87.1 Å². The zero-order valence-corrected chi connectivity index (χ0v) is 8.35. The van der Waals surface area contributed by atoms with Crippen molar-refractivity contribution in [3.05, 3.63) is 35.9 Å². The summed E-state index contributed by atoms with van der Waals surface area (Å²) in [5.74, 6) is 0. The van der Waals surface area contributed by atoms with Crippen molar-refractivity contribution < 1.29 is 8.78 Å². The van der Waals surface area contributed by atoms with Crippen LogP contribution in [0.25, 0.3) is 0 Å². The summed E-state index contributed by atoms with van der Waals surface area (Å²) in [6, 6.07) is 9.39. The lowest BCUT2D eigenvalue weighted by Crippen LogP contribution is -2.24. The van der Waals surface area contributed by atoms with Crippen molar-refractivity contribution in [2.24, 2.45) is 0 Å². The average Bonchev–Trinajstić information content (AvgIpc) is 2.18. The Morgan fingerprint density at radius 1 is 1.14 bits per heavy atom. The van der Waals surface area contributed by atoms with Crippen molar-refractivity contribution in [3.63, 3.8) is 0 Å². The van der Waals surface area contributed by atoms with E-state index in [1.165, 1.54) is 0 Å². The molecular weight excluding hydrogens is 208 g/mol. The van der Waals surface area contributed by atoms with Gasteiger partial charge in [-0.15, -0.1) is 11.6 Å². The highest BCUT2D eigenvalue weighted by molar-refractivity contribution is 6.21. The fraction of sp³-hybridized carbons (Fsp3) is 0.400. The standard InChI is InChI=1S/C10H12ClF2N/c11-9(6-14-7-10(12)13)8-4-2-1-3-5-8/h1-5,9-10,14H,6-7H2. The van der Waals surface area contributed by atoms with Gasteiger partial charge in [0.2, 0.25) is 0 Å². The first-order valence-corrected chi connectivity index (χ1v) is 4.81. The summed E-state index contributed by atoms with van der Waals surface area (Å²) in [6.45, 7) is 0.0476. The minimum absolute atomic E-state index is 0.255. The first-order valence-electron chi connectivity index (χ1n) is 4.38. The lowest BCUT2D eigenvalue weighted by Gasteiger charge is -2.10. The summed E-state index contributed by atoms with van der Waals surface area (Å²) in [5, 5.41) is 2.35. The van der Waals surface area contributed by atoms with E-state index in [1.807, 2.05) is 30.3 Å². The third kappa shape index (κ3) is 4.03. The second-order valence-electron chi connectivity index (χ2n) is 2.93. The van der Waals surface area contributed by atoms with Crippen molar-refractivity contribution in [2.75, 3.05) is 13.1 Å². The van der Waals surface area contributed by atoms with Gasteiger partial charge >= 0.3 is 0 Å². The molecule has 78 valence electrons. The molecule has 0 bridgehead atoms. The predicted octanol–water partition coefficient (Wildman–Crippen LogP) is 2.82. The number of nitrogens with one attached hydrogen (secondary N) is 1. The first-order chi connectivity index (χ1) is 6.70. The van der Waals surface area contributed by atoms with E-state index >= 15 is 0 Å². The van der Waals surface area contributed by atoms with Crippen LogP contribution in [0.2, 0.25) is 0 Å². The molecule has 0 saturated heterocycles. The van der Waals surface area contributed by atoms with Gasteiger partial charge in [0.1, 0.15) is 0 Å². The Kier molecular flexibility index (Phi) is 4.84. The zero-order chi connectivity index (χ0) is 10.4. The van der Waals surface area contributed by atoms with Gasteiger partial charge in [-0.2, -0.15) is 0 Å². The number of benzene rings is 1. The molecule has 1 nitrogen and oxygen atoms in total. The second kappa shape index (κ2) is 5.94. The lowest BCUT2D eigenvalue weighted by molar-refractivity contribution is 0.146. The van der Waals surface area contributed by atoms with Crippen molar-refractivity contribution >= 4 is 11.6 Å². The van der Waals surface area contributed by atoms with Crippen LogP contribution >= 0.6 is 11.6 Å². The van der Waals surface area contributed by atoms with E-state index in [2.05, 4.69) is 5.32 Å². The fourth-order valence-electron chi connectivity index (χ4n) is 1.10. The average molecular weight is 220 g/mol. The van der Waals surface area contributed by atoms with Gasteiger partial charge in [-0.25, -0.2) is 8.78 Å². The van der Waals surface area contributed by atoms with Crippen LogP contribution in [0.5, 0.6) is 0 Å². The van der Waals surface area contributed by atoms with E-state index in [-0.39, 0.29) is 11.9 Å². The molecule has 4 heteroatoms. The molecule has 1 atom stereocenters. The molecule has 0 aliphatic carbocycles. The molecule has 0 fully saturated rings. The number of hydrogen-bond donors (Lipinski definition) is 1. The molecule has 1 aromatic carbocycles. The van der Waals surface area contributed by atoms with Crippen LogP contribution in [0.1, 0.15) is 10.9 Å². The first kappa shape index (κ1) is 11.4. The molecule has 0 saturated carbocycles.